The molecule has 8 heteroatoms. The highest BCUT2D eigenvalue weighted by Crippen LogP contribution is 2.25. The van der Waals surface area contributed by atoms with Crippen molar-refractivity contribution in [3.05, 3.63) is 60.6 Å². The van der Waals surface area contributed by atoms with Crippen molar-refractivity contribution in [2.75, 3.05) is 24.5 Å². The number of benzene rings is 2. The molecule has 4 rings (SSSR count). The van der Waals surface area contributed by atoms with Crippen LogP contribution in [0.4, 0.5) is 5.82 Å². The van der Waals surface area contributed by atoms with Crippen LogP contribution in [0.2, 0.25) is 0 Å². The topological polar surface area (TPSA) is 99.0 Å². The standard InChI is InChI=1S/C21H21N5O2S/c22-14-19-21(24-11-10-23-19)26-12-8-16(9-13-26)15-25-29(27,28)20-7-3-5-17-4-1-2-6-18(17)20/h1-7,10-11,16,25H,8-9,12-13,15H2. The van der Waals surface area contributed by atoms with Crippen LogP contribution in [0.1, 0.15) is 18.5 Å². The third-order valence-electron chi connectivity index (χ3n) is 5.30. The Morgan fingerprint density at radius 1 is 1.07 bits per heavy atom. The number of hydrogen-bond donors (Lipinski definition) is 1. The third-order valence-corrected chi connectivity index (χ3v) is 6.78. The van der Waals surface area contributed by atoms with Gasteiger partial charge in [-0.2, -0.15) is 5.26 Å². The second kappa shape index (κ2) is 8.15. The second-order valence-electron chi connectivity index (χ2n) is 7.10. The van der Waals surface area contributed by atoms with E-state index >= 15 is 0 Å². The van der Waals surface area contributed by atoms with Gasteiger partial charge in [-0.15, -0.1) is 0 Å². The van der Waals surface area contributed by atoms with E-state index in [0.717, 1.165) is 23.6 Å². The molecule has 3 aromatic rings. The van der Waals surface area contributed by atoms with Gasteiger partial charge >= 0.3 is 0 Å². The van der Waals surface area contributed by atoms with E-state index < -0.39 is 10.0 Å². The van der Waals surface area contributed by atoms with Gasteiger partial charge in [0.05, 0.1) is 4.90 Å². The van der Waals surface area contributed by atoms with Crippen LogP contribution in [0.25, 0.3) is 10.8 Å². The quantitative estimate of drug-likeness (QED) is 0.698. The van der Waals surface area contributed by atoms with Gasteiger partial charge in [0.15, 0.2) is 11.5 Å². The number of piperidine rings is 1. The summed E-state index contributed by atoms with van der Waals surface area (Å²) >= 11 is 0. The fraction of sp³-hybridized carbons (Fsp3) is 0.286. The minimum atomic E-state index is -3.59. The Hall–Kier alpha value is -3.02. The fourth-order valence-corrected chi connectivity index (χ4v) is 5.07. The summed E-state index contributed by atoms with van der Waals surface area (Å²) in [5.74, 6) is 0.836. The molecule has 0 radical (unpaired) electrons. The Morgan fingerprint density at radius 3 is 2.59 bits per heavy atom. The van der Waals surface area contributed by atoms with E-state index in [2.05, 4.69) is 20.8 Å². The van der Waals surface area contributed by atoms with Crippen molar-refractivity contribution < 1.29 is 8.42 Å². The molecule has 7 nitrogen and oxygen atoms in total. The molecular formula is C21H21N5O2S. The maximum atomic E-state index is 12.9. The summed E-state index contributed by atoms with van der Waals surface area (Å²) in [6.07, 6.45) is 4.73. The first-order chi connectivity index (χ1) is 14.1. The van der Waals surface area contributed by atoms with E-state index in [9.17, 15) is 13.7 Å². The molecule has 29 heavy (non-hydrogen) atoms. The van der Waals surface area contributed by atoms with Gasteiger partial charge in [-0.1, -0.05) is 36.4 Å². The van der Waals surface area contributed by atoms with E-state index in [1.165, 1.54) is 6.20 Å². The van der Waals surface area contributed by atoms with Crippen molar-refractivity contribution in [3.63, 3.8) is 0 Å². The summed E-state index contributed by atoms with van der Waals surface area (Å²) in [6.45, 7) is 1.83. The number of rotatable bonds is 5. The van der Waals surface area contributed by atoms with Crippen LogP contribution in [0.15, 0.2) is 59.8 Å². The summed E-state index contributed by atoms with van der Waals surface area (Å²) in [4.78, 5) is 10.7. The molecule has 1 fully saturated rings. The lowest BCUT2D eigenvalue weighted by atomic mass is 9.97. The molecule has 0 amide bonds. The van der Waals surface area contributed by atoms with Crippen LogP contribution in [0.5, 0.6) is 0 Å². The fourth-order valence-electron chi connectivity index (χ4n) is 3.73. The van der Waals surface area contributed by atoms with Crippen molar-refractivity contribution in [1.29, 1.82) is 5.26 Å². The van der Waals surface area contributed by atoms with Crippen molar-refractivity contribution >= 4 is 26.6 Å². The van der Waals surface area contributed by atoms with E-state index in [-0.39, 0.29) is 5.92 Å². The third kappa shape index (κ3) is 4.06. The number of hydrogen-bond acceptors (Lipinski definition) is 6. The minimum Gasteiger partial charge on any atom is -0.354 e. The van der Waals surface area contributed by atoms with Gasteiger partial charge < -0.3 is 4.90 Å². The molecule has 0 atom stereocenters. The lowest BCUT2D eigenvalue weighted by molar-refractivity contribution is 0.400. The highest BCUT2D eigenvalue weighted by molar-refractivity contribution is 7.89. The average molecular weight is 407 g/mol. The Kier molecular flexibility index (Phi) is 5.43. The van der Waals surface area contributed by atoms with Crippen LogP contribution in [-0.4, -0.2) is 38.0 Å². The van der Waals surface area contributed by atoms with Crippen molar-refractivity contribution in [1.82, 2.24) is 14.7 Å². The number of anilines is 1. The zero-order valence-electron chi connectivity index (χ0n) is 15.8. The molecule has 148 valence electrons. The van der Waals surface area contributed by atoms with Crippen LogP contribution < -0.4 is 9.62 Å². The van der Waals surface area contributed by atoms with Crippen LogP contribution >= 0.6 is 0 Å². The normalized spacial score (nSPS) is 15.3. The maximum absolute atomic E-state index is 12.9. The zero-order chi connectivity index (χ0) is 20.3. The molecule has 0 unspecified atom stereocenters. The molecule has 2 heterocycles. The number of nitriles is 1. The summed E-state index contributed by atoms with van der Waals surface area (Å²) in [6, 6.07) is 14.9. The average Bonchev–Trinajstić information content (AvgIpc) is 2.77. The molecule has 1 aromatic heterocycles. The Balaban J connectivity index is 1.41. The van der Waals surface area contributed by atoms with Crippen molar-refractivity contribution in [3.8, 4) is 6.07 Å². The van der Waals surface area contributed by atoms with Crippen molar-refractivity contribution in [2.24, 2.45) is 5.92 Å². The molecule has 0 aliphatic carbocycles. The lowest BCUT2D eigenvalue weighted by Gasteiger charge is -2.32. The van der Waals surface area contributed by atoms with Gasteiger partial charge in [-0.25, -0.2) is 23.1 Å². The Bertz CT molecular complexity index is 1160. The number of aromatic nitrogens is 2. The Morgan fingerprint density at radius 2 is 1.79 bits per heavy atom. The molecular weight excluding hydrogens is 386 g/mol. The van der Waals surface area contributed by atoms with Crippen LogP contribution in [0.3, 0.4) is 0 Å². The van der Waals surface area contributed by atoms with Crippen molar-refractivity contribution in [2.45, 2.75) is 17.7 Å². The summed E-state index contributed by atoms with van der Waals surface area (Å²) in [5, 5.41) is 10.8. The molecule has 1 aliphatic heterocycles. The summed E-state index contributed by atoms with van der Waals surface area (Å²) < 4.78 is 28.6. The summed E-state index contributed by atoms with van der Waals surface area (Å²) in [7, 11) is -3.59. The molecule has 1 aliphatic rings. The van der Waals surface area contributed by atoms with E-state index in [1.54, 1.807) is 18.3 Å². The lowest BCUT2D eigenvalue weighted by Crippen LogP contribution is -2.39. The number of fused-ring (bicyclic) bond motifs is 1. The SMILES string of the molecule is N#Cc1nccnc1N1CCC(CNS(=O)(=O)c2cccc3ccccc23)CC1. The maximum Gasteiger partial charge on any atom is 0.241 e. The largest absolute Gasteiger partial charge is 0.354 e. The molecule has 2 aromatic carbocycles. The first kappa shape index (κ1) is 19.3. The number of sulfonamides is 1. The second-order valence-corrected chi connectivity index (χ2v) is 8.84. The molecule has 1 saturated heterocycles. The minimum absolute atomic E-state index is 0.234. The number of nitrogens with zero attached hydrogens (tertiary/aromatic N) is 4. The summed E-state index contributed by atoms with van der Waals surface area (Å²) in [5.41, 5.74) is 0.322. The predicted octanol–water partition coefficient (Wildman–Crippen LogP) is 2.70. The van der Waals surface area contributed by atoms with Gasteiger partial charge in [-0.05, 0) is 30.2 Å². The highest BCUT2D eigenvalue weighted by atomic mass is 32.2. The van der Waals surface area contributed by atoms with Crippen LogP contribution in [0, 0.1) is 17.2 Å². The molecule has 0 bridgehead atoms. The first-order valence-corrected chi connectivity index (χ1v) is 11.0. The van der Waals surface area contributed by atoms with Gasteiger partial charge in [0.2, 0.25) is 10.0 Å². The smallest absolute Gasteiger partial charge is 0.241 e. The van der Waals surface area contributed by atoms with Crippen LogP contribution in [-0.2, 0) is 10.0 Å². The highest BCUT2D eigenvalue weighted by Gasteiger charge is 2.24. The van der Waals surface area contributed by atoms with Gasteiger partial charge in [0.1, 0.15) is 6.07 Å². The molecule has 0 spiro atoms. The van der Waals surface area contributed by atoms with Gasteiger partial charge in [0.25, 0.3) is 0 Å². The molecule has 0 saturated carbocycles. The van der Waals surface area contributed by atoms with Gasteiger partial charge in [0, 0.05) is 37.4 Å². The first-order valence-electron chi connectivity index (χ1n) is 9.52. The monoisotopic (exact) mass is 407 g/mol. The van der Waals surface area contributed by atoms with E-state index in [0.29, 0.717) is 36.0 Å². The predicted molar refractivity (Wildman–Crippen MR) is 111 cm³/mol. The number of nitrogens with one attached hydrogen (secondary N) is 1. The van der Waals surface area contributed by atoms with E-state index in [4.69, 9.17) is 0 Å². The van der Waals surface area contributed by atoms with Gasteiger partial charge in [-0.3, -0.25) is 0 Å². The zero-order valence-corrected chi connectivity index (χ0v) is 16.6. The molecule has 1 N–H and O–H groups in total. The van der Waals surface area contributed by atoms with E-state index in [1.807, 2.05) is 35.2 Å². The Labute approximate surface area is 170 Å².